The Labute approximate surface area is 87.7 Å². The second-order valence-corrected chi connectivity index (χ2v) is 4.16. The Kier molecular flexibility index (Phi) is 8.14. The van der Waals surface area contributed by atoms with E-state index in [1.54, 1.807) is 13.8 Å². The van der Waals surface area contributed by atoms with Gasteiger partial charge in [0.15, 0.2) is 0 Å². The first-order valence-corrected chi connectivity index (χ1v) is 5.64. The Bertz CT molecular complexity index is 116. The minimum Gasteiger partial charge on any atom is -0.392 e. The van der Waals surface area contributed by atoms with Crippen molar-refractivity contribution in [3.05, 3.63) is 0 Å². The summed E-state index contributed by atoms with van der Waals surface area (Å²) in [6.45, 7) is 8.05. The van der Waals surface area contributed by atoms with Gasteiger partial charge in [-0.25, -0.2) is 0 Å². The van der Waals surface area contributed by atoms with Crippen LogP contribution in [0.4, 0.5) is 0 Å². The molecule has 0 saturated carbocycles. The first-order valence-electron chi connectivity index (χ1n) is 5.64. The Morgan fingerprint density at radius 1 is 1.00 bits per heavy atom. The maximum atomic E-state index is 9.27. The average molecular weight is 203 g/mol. The molecular weight excluding hydrogens is 178 g/mol. The summed E-state index contributed by atoms with van der Waals surface area (Å²) >= 11 is 0. The molecule has 0 bridgehead atoms. The maximum absolute atomic E-state index is 9.27. The van der Waals surface area contributed by atoms with Gasteiger partial charge in [-0.15, -0.1) is 0 Å². The number of rotatable bonds is 8. The zero-order chi connectivity index (χ0) is 11.0. The number of aliphatic hydroxyl groups excluding tert-OH is 2. The molecule has 0 aliphatic rings. The van der Waals surface area contributed by atoms with Crippen molar-refractivity contribution in [2.75, 3.05) is 19.6 Å². The van der Waals surface area contributed by atoms with E-state index in [2.05, 4.69) is 11.8 Å². The van der Waals surface area contributed by atoms with Crippen LogP contribution in [-0.2, 0) is 0 Å². The maximum Gasteiger partial charge on any atom is 0.0639 e. The molecule has 0 aromatic rings. The van der Waals surface area contributed by atoms with E-state index in [0.29, 0.717) is 13.1 Å². The highest BCUT2D eigenvalue weighted by molar-refractivity contribution is 4.64. The number of unbranched alkanes of at least 4 members (excludes halogenated alkanes) is 2. The molecule has 0 radical (unpaired) electrons. The van der Waals surface area contributed by atoms with Crippen LogP contribution < -0.4 is 0 Å². The lowest BCUT2D eigenvalue weighted by molar-refractivity contribution is 0.0826. The quantitative estimate of drug-likeness (QED) is 0.583. The molecule has 86 valence electrons. The fraction of sp³-hybridized carbons (Fsp3) is 1.00. The van der Waals surface area contributed by atoms with Crippen molar-refractivity contribution < 1.29 is 10.2 Å². The molecule has 0 aromatic carbocycles. The third-order valence-electron chi connectivity index (χ3n) is 2.12. The second kappa shape index (κ2) is 8.21. The van der Waals surface area contributed by atoms with Crippen LogP contribution in [0.25, 0.3) is 0 Å². The summed E-state index contributed by atoms with van der Waals surface area (Å²) < 4.78 is 0. The summed E-state index contributed by atoms with van der Waals surface area (Å²) in [4.78, 5) is 2.13. The van der Waals surface area contributed by atoms with Crippen molar-refractivity contribution in [3.63, 3.8) is 0 Å². The first-order chi connectivity index (χ1) is 6.56. The lowest BCUT2D eigenvalue weighted by atomic mass is 10.2. The molecule has 0 amide bonds. The summed E-state index contributed by atoms with van der Waals surface area (Å²) in [5, 5.41) is 18.5. The van der Waals surface area contributed by atoms with Gasteiger partial charge in [-0.1, -0.05) is 19.8 Å². The largest absolute Gasteiger partial charge is 0.392 e. The zero-order valence-electron chi connectivity index (χ0n) is 9.74. The Hall–Kier alpha value is -0.120. The Balaban J connectivity index is 3.72. The highest BCUT2D eigenvalue weighted by atomic mass is 16.3. The van der Waals surface area contributed by atoms with E-state index in [4.69, 9.17) is 0 Å². The standard InChI is InChI=1S/C11H25NO2/c1-4-5-6-7-12(8-10(2)13)9-11(3)14/h10-11,13-14H,4-9H2,1-3H3. The number of nitrogens with zero attached hydrogens (tertiary/aromatic N) is 1. The number of hydrogen-bond donors (Lipinski definition) is 2. The van der Waals surface area contributed by atoms with Crippen molar-refractivity contribution in [3.8, 4) is 0 Å². The molecule has 2 N–H and O–H groups in total. The van der Waals surface area contributed by atoms with Gasteiger partial charge < -0.3 is 10.2 Å². The molecule has 14 heavy (non-hydrogen) atoms. The van der Waals surface area contributed by atoms with Gasteiger partial charge in [0, 0.05) is 13.1 Å². The molecule has 2 atom stereocenters. The molecule has 2 unspecified atom stereocenters. The van der Waals surface area contributed by atoms with Crippen molar-refractivity contribution in [1.29, 1.82) is 0 Å². The molecule has 0 spiro atoms. The van der Waals surface area contributed by atoms with E-state index in [1.165, 1.54) is 12.8 Å². The van der Waals surface area contributed by atoms with Crippen molar-refractivity contribution in [2.45, 2.75) is 52.2 Å². The summed E-state index contributed by atoms with van der Waals surface area (Å²) in [6.07, 6.45) is 2.95. The molecule has 0 aromatic heterocycles. The van der Waals surface area contributed by atoms with E-state index in [0.717, 1.165) is 13.0 Å². The van der Waals surface area contributed by atoms with Gasteiger partial charge in [-0.05, 0) is 26.8 Å². The van der Waals surface area contributed by atoms with E-state index in [9.17, 15) is 10.2 Å². The monoisotopic (exact) mass is 203 g/mol. The van der Waals surface area contributed by atoms with Crippen LogP contribution in [0.1, 0.15) is 40.0 Å². The van der Waals surface area contributed by atoms with Crippen molar-refractivity contribution >= 4 is 0 Å². The van der Waals surface area contributed by atoms with Crippen LogP contribution in [-0.4, -0.2) is 47.0 Å². The molecule has 0 fully saturated rings. The molecule has 0 aliphatic carbocycles. The predicted octanol–water partition coefficient (Wildman–Crippen LogP) is 1.24. The highest BCUT2D eigenvalue weighted by Crippen LogP contribution is 2.01. The van der Waals surface area contributed by atoms with Crippen LogP contribution in [0.5, 0.6) is 0 Å². The molecule has 0 saturated heterocycles. The fourth-order valence-corrected chi connectivity index (χ4v) is 1.59. The highest BCUT2D eigenvalue weighted by Gasteiger charge is 2.09. The predicted molar refractivity (Wildman–Crippen MR) is 59.3 cm³/mol. The van der Waals surface area contributed by atoms with Crippen LogP contribution in [0.15, 0.2) is 0 Å². The van der Waals surface area contributed by atoms with E-state index in [-0.39, 0.29) is 12.2 Å². The van der Waals surface area contributed by atoms with Gasteiger partial charge in [0.05, 0.1) is 12.2 Å². The summed E-state index contributed by atoms with van der Waals surface area (Å²) in [6, 6.07) is 0. The van der Waals surface area contributed by atoms with E-state index in [1.807, 2.05) is 0 Å². The topological polar surface area (TPSA) is 43.7 Å². The van der Waals surface area contributed by atoms with Crippen molar-refractivity contribution in [2.24, 2.45) is 0 Å². The smallest absolute Gasteiger partial charge is 0.0639 e. The van der Waals surface area contributed by atoms with E-state index >= 15 is 0 Å². The molecular formula is C11H25NO2. The average Bonchev–Trinajstić information content (AvgIpc) is 2.02. The molecule has 3 heteroatoms. The van der Waals surface area contributed by atoms with Gasteiger partial charge >= 0.3 is 0 Å². The first kappa shape index (κ1) is 13.9. The zero-order valence-corrected chi connectivity index (χ0v) is 9.74. The summed E-state index contributed by atoms with van der Waals surface area (Å²) in [7, 11) is 0. The fourth-order valence-electron chi connectivity index (χ4n) is 1.59. The molecule has 3 nitrogen and oxygen atoms in total. The number of hydrogen-bond acceptors (Lipinski definition) is 3. The minimum atomic E-state index is -0.310. The van der Waals surface area contributed by atoms with Crippen LogP contribution in [0.2, 0.25) is 0 Å². The third-order valence-corrected chi connectivity index (χ3v) is 2.12. The van der Waals surface area contributed by atoms with Crippen LogP contribution >= 0.6 is 0 Å². The van der Waals surface area contributed by atoms with Gasteiger partial charge in [-0.3, -0.25) is 4.90 Å². The molecule has 0 aliphatic heterocycles. The summed E-state index contributed by atoms with van der Waals surface area (Å²) in [5.41, 5.74) is 0. The lowest BCUT2D eigenvalue weighted by Gasteiger charge is -2.24. The van der Waals surface area contributed by atoms with Gasteiger partial charge in [-0.2, -0.15) is 0 Å². The van der Waals surface area contributed by atoms with Gasteiger partial charge in [0.1, 0.15) is 0 Å². The Morgan fingerprint density at radius 2 is 1.50 bits per heavy atom. The summed E-state index contributed by atoms with van der Waals surface area (Å²) in [5.74, 6) is 0. The lowest BCUT2D eigenvalue weighted by Crippen LogP contribution is -2.36. The minimum absolute atomic E-state index is 0.310. The molecule has 0 heterocycles. The third kappa shape index (κ3) is 8.48. The SMILES string of the molecule is CCCCCN(CC(C)O)CC(C)O. The van der Waals surface area contributed by atoms with Gasteiger partial charge in [0.25, 0.3) is 0 Å². The van der Waals surface area contributed by atoms with Crippen LogP contribution in [0, 0.1) is 0 Å². The van der Waals surface area contributed by atoms with Gasteiger partial charge in [0.2, 0.25) is 0 Å². The van der Waals surface area contributed by atoms with Crippen molar-refractivity contribution in [1.82, 2.24) is 4.90 Å². The molecule has 0 rings (SSSR count). The van der Waals surface area contributed by atoms with E-state index < -0.39 is 0 Å². The second-order valence-electron chi connectivity index (χ2n) is 4.16. The number of aliphatic hydroxyl groups is 2. The van der Waals surface area contributed by atoms with Crippen LogP contribution in [0.3, 0.4) is 0 Å². The Morgan fingerprint density at radius 3 is 1.86 bits per heavy atom. The normalized spacial score (nSPS) is 15.9.